The highest BCUT2D eigenvalue weighted by molar-refractivity contribution is 5.92. The number of hydrogen-bond acceptors (Lipinski definition) is 3. The summed E-state index contributed by atoms with van der Waals surface area (Å²) in [5.41, 5.74) is 0. The number of nitrogens with zero attached hydrogens (tertiary/aromatic N) is 3. The summed E-state index contributed by atoms with van der Waals surface area (Å²) in [6, 6.07) is 1.99. The van der Waals surface area contributed by atoms with Gasteiger partial charge in [-0.2, -0.15) is 5.10 Å². The molecule has 1 aromatic rings. The zero-order valence-electron chi connectivity index (χ0n) is 13.9. The molecule has 1 atom stereocenters. The molecule has 2 rings (SSSR count). The van der Waals surface area contributed by atoms with Crippen molar-refractivity contribution in [3.63, 3.8) is 0 Å². The van der Waals surface area contributed by atoms with Gasteiger partial charge in [0.25, 0.3) is 0 Å². The number of piperidine rings is 1. The molecule has 1 unspecified atom stereocenters. The van der Waals surface area contributed by atoms with Gasteiger partial charge in [-0.3, -0.25) is 9.59 Å². The number of carbonyl (C=O) groups is 2. The van der Waals surface area contributed by atoms with Crippen molar-refractivity contribution < 1.29 is 9.59 Å². The molecule has 1 saturated heterocycles. The lowest BCUT2D eigenvalue weighted by molar-refractivity contribution is -0.137. The van der Waals surface area contributed by atoms with E-state index in [0.29, 0.717) is 12.4 Å². The largest absolute Gasteiger partial charge is 0.342 e. The summed E-state index contributed by atoms with van der Waals surface area (Å²) in [5, 5.41) is 7.17. The molecule has 2 amide bonds. The van der Waals surface area contributed by atoms with Gasteiger partial charge in [0, 0.05) is 31.1 Å². The molecular formula is C16H26N4O2. The van der Waals surface area contributed by atoms with Crippen LogP contribution in [-0.2, 0) is 9.59 Å². The molecule has 1 aliphatic rings. The summed E-state index contributed by atoms with van der Waals surface area (Å²) in [6.07, 6.45) is 3.38. The first kappa shape index (κ1) is 16.5. The van der Waals surface area contributed by atoms with Gasteiger partial charge in [0.15, 0.2) is 0 Å². The molecule has 0 spiro atoms. The van der Waals surface area contributed by atoms with Crippen LogP contribution in [0, 0.1) is 11.8 Å². The highest BCUT2D eigenvalue weighted by Gasteiger charge is 2.29. The van der Waals surface area contributed by atoms with Crippen molar-refractivity contribution in [1.29, 1.82) is 0 Å². The number of likely N-dealkylation sites (tertiary alicyclic amines) is 1. The van der Waals surface area contributed by atoms with Gasteiger partial charge in [-0.15, -0.1) is 0 Å². The SMILES string of the molecule is CC(C)C(=O)N1CCCC(C(=O)Nc2ccnn2C(C)C)C1. The van der Waals surface area contributed by atoms with Crippen LogP contribution in [0.25, 0.3) is 0 Å². The van der Waals surface area contributed by atoms with Crippen LogP contribution in [0.1, 0.15) is 46.6 Å². The highest BCUT2D eigenvalue weighted by Crippen LogP contribution is 2.21. The van der Waals surface area contributed by atoms with Crippen molar-refractivity contribution in [2.24, 2.45) is 11.8 Å². The molecule has 0 aliphatic carbocycles. The van der Waals surface area contributed by atoms with Crippen molar-refractivity contribution in [2.75, 3.05) is 18.4 Å². The quantitative estimate of drug-likeness (QED) is 0.928. The van der Waals surface area contributed by atoms with E-state index in [1.165, 1.54) is 0 Å². The van der Waals surface area contributed by atoms with Crippen molar-refractivity contribution in [2.45, 2.75) is 46.6 Å². The summed E-state index contributed by atoms with van der Waals surface area (Å²) < 4.78 is 1.79. The highest BCUT2D eigenvalue weighted by atomic mass is 16.2. The Morgan fingerprint density at radius 3 is 2.68 bits per heavy atom. The first-order valence-corrected chi connectivity index (χ1v) is 8.03. The first-order chi connectivity index (χ1) is 10.4. The summed E-state index contributed by atoms with van der Waals surface area (Å²) in [5.74, 6) is 0.650. The number of amides is 2. The van der Waals surface area contributed by atoms with Crippen LogP contribution >= 0.6 is 0 Å². The van der Waals surface area contributed by atoms with Crippen molar-refractivity contribution in [1.82, 2.24) is 14.7 Å². The van der Waals surface area contributed by atoms with Gasteiger partial charge in [-0.05, 0) is 26.7 Å². The minimum Gasteiger partial charge on any atom is -0.342 e. The Hall–Kier alpha value is -1.85. The second kappa shape index (κ2) is 6.94. The number of aromatic nitrogens is 2. The molecule has 22 heavy (non-hydrogen) atoms. The minimum absolute atomic E-state index is 0.0239. The second-order valence-corrected chi connectivity index (χ2v) is 6.52. The maximum atomic E-state index is 12.5. The molecule has 6 nitrogen and oxygen atoms in total. The Labute approximate surface area is 131 Å². The van der Waals surface area contributed by atoms with E-state index >= 15 is 0 Å². The summed E-state index contributed by atoms with van der Waals surface area (Å²) in [6.45, 7) is 9.10. The van der Waals surface area contributed by atoms with E-state index in [2.05, 4.69) is 10.4 Å². The van der Waals surface area contributed by atoms with Gasteiger partial charge in [-0.1, -0.05) is 13.8 Å². The van der Waals surface area contributed by atoms with E-state index in [9.17, 15) is 9.59 Å². The maximum Gasteiger partial charge on any atom is 0.230 e. The molecule has 2 heterocycles. The van der Waals surface area contributed by atoms with Crippen LogP contribution in [0.5, 0.6) is 0 Å². The topological polar surface area (TPSA) is 67.2 Å². The average Bonchev–Trinajstić information content (AvgIpc) is 2.94. The van der Waals surface area contributed by atoms with E-state index in [0.717, 1.165) is 19.4 Å². The number of rotatable bonds is 4. The smallest absolute Gasteiger partial charge is 0.230 e. The Balaban J connectivity index is 2.00. The first-order valence-electron chi connectivity index (χ1n) is 8.03. The lowest BCUT2D eigenvalue weighted by Gasteiger charge is -2.33. The van der Waals surface area contributed by atoms with Crippen LogP contribution < -0.4 is 5.32 Å². The van der Waals surface area contributed by atoms with E-state index in [1.807, 2.05) is 32.6 Å². The summed E-state index contributed by atoms with van der Waals surface area (Å²) >= 11 is 0. The fourth-order valence-electron chi connectivity index (χ4n) is 2.81. The van der Waals surface area contributed by atoms with Gasteiger partial charge >= 0.3 is 0 Å². The summed E-state index contributed by atoms with van der Waals surface area (Å²) in [4.78, 5) is 26.4. The van der Waals surface area contributed by atoms with E-state index in [-0.39, 0.29) is 29.7 Å². The molecular weight excluding hydrogens is 280 g/mol. The van der Waals surface area contributed by atoms with E-state index in [1.54, 1.807) is 16.9 Å². The van der Waals surface area contributed by atoms with Crippen molar-refractivity contribution >= 4 is 17.6 Å². The third-order valence-electron chi connectivity index (χ3n) is 4.01. The van der Waals surface area contributed by atoms with Crippen LogP contribution in [-0.4, -0.2) is 39.6 Å². The predicted octanol–water partition coefficient (Wildman–Crippen LogP) is 2.30. The third kappa shape index (κ3) is 3.67. The second-order valence-electron chi connectivity index (χ2n) is 6.52. The monoisotopic (exact) mass is 306 g/mol. The minimum atomic E-state index is -0.146. The third-order valence-corrected chi connectivity index (χ3v) is 4.01. The van der Waals surface area contributed by atoms with Crippen LogP contribution in [0.4, 0.5) is 5.82 Å². The molecule has 0 bridgehead atoms. The number of hydrogen-bond donors (Lipinski definition) is 1. The Morgan fingerprint density at radius 1 is 1.32 bits per heavy atom. The zero-order chi connectivity index (χ0) is 16.3. The lowest BCUT2D eigenvalue weighted by Crippen LogP contribution is -2.45. The maximum absolute atomic E-state index is 12.5. The molecule has 122 valence electrons. The molecule has 0 aromatic carbocycles. The number of carbonyl (C=O) groups excluding carboxylic acids is 2. The fraction of sp³-hybridized carbons (Fsp3) is 0.688. The molecule has 6 heteroatoms. The lowest BCUT2D eigenvalue weighted by atomic mass is 9.96. The molecule has 0 radical (unpaired) electrons. The van der Waals surface area contributed by atoms with Crippen molar-refractivity contribution in [3.05, 3.63) is 12.3 Å². The predicted molar refractivity (Wildman–Crippen MR) is 85.4 cm³/mol. The Bertz CT molecular complexity index is 536. The standard InChI is InChI=1S/C16H26N4O2/c1-11(2)16(22)19-9-5-6-13(10-19)15(21)18-14-7-8-17-20(14)12(3)4/h7-8,11-13H,5-6,9-10H2,1-4H3,(H,18,21). The Morgan fingerprint density at radius 2 is 2.05 bits per heavy atom. The summed E-state index contributed by atoms with van der Waals surface area (Å²) in [7, 11) is 0. The van der Waals surface area contributed by atoms with Gasteiger partial charge in [0.1, 0.15) is 5.82 Å². The van der Waals surface area contributed by atoms with Crippen LogP contribution in [0.3, 0.4) is 0 Å². The molecule has 0 saturated carbocycles. The molecule has 1 aromatic heterocycles. The van der Waals surface area contributed by atoms with Crippen LogP contribution in [0.2, 0.25) is 0 Å². The van der Waals surface area contributed by atoms with E-state index < -0.39 is 0 Å². The average molecular weight is 306 g/mol. The van der Waals surface area contributed by atoms with E-state index in [4.69, 9.17) is 0 Å². The van der Waals surface area contributed by atoms with Crippen LogP contribution in [0.15, 0.2) is 12.3 Å². The molecule has 1 aliphatic heterocycles. The van der Waals surface area contributed by atoms with Gasteiger partial charge in [0.2, 0.25) is 11.8 Å². The normalized spacial score (nSPS) is 18.8. The zero-order valence-corrected chi connectivity index (χ0v) is 13.9. The van der Waals surface area contributed by atoms with Gasteiger partial charge < -0.3 is 10.2 Å². The Kier molecular flexibility index (Phi) is 5.21. The number of anilines is 1. The number of nitrogens with one attached hydrogen (secondary N) is 1. The fourth-order valence-corrected chi connectivity index (χ4v) is 2.81. The van der Waals surface area contributed by atoms with Crippen molar-refractivity contribution in [3.8, 4) is 0 Å². The van der Waals surface area contributed by atoms with Gasteiger partial charge in [-0.25, -0.2) is 4.68 Å². The van der Waals surface area contributed by atoms with Gasteiger partial charge in [0.05, 0.1) is 12.1 Å². The molecule has 1 fully saturated rings. The molecule has 1 N–H and O–H groups in total.